The summed E-state index contributed by atoms with van der Waals surface area (Å²) in [5.41, 5.74) is -0.915. The molecule has 3 heteroatoms. The topological polar surface area (TPSA) is 12.0 Å². The molecule has 0 heterocycles. The predicted molar refractivity (Wildman–Crippen MR) is 54.6 cm³/mol. The molecule has 84 valence electrons. The predicted octanol–water partition coefficient (Wildman–Crippen LogP) is 3.06. The standard InChI is InChI=1S/C11H21F2N/c1-4-14-11(10(12)13)6-5-8(2)7-9(11)3/h8-10,14H,4-7H2,1-3H3. The van der Waals surface area contributed by atoms with Crippen LogP contribution in [0, 0.1) is 11.8 Å². The number of nitrogens with one attached hydrogen (secondary N) is 1. The van der Waals surface area contributed by atoms with E-state index in [2.05, 4.69) is 12.2 Å². The van der Waals surface area contributed by atoms with Crippen molar-refractivity contribution in [3.63, 3.8) is 0 Å². The van der Waals surface area contributed by atoms with Gasteiger partial charge in [0.1, 0.15) is 0 Å². The van der Waals surface area contributed by atoms with Crippen LogP contribution >= 0.6 is 0 Å². The van der Waals surface area contributed by atoms with Gasteiger partial charge in [0.25, 0.3) is 6.43 Å². The Morgan fingerprint density at radius 2 is 2.07 bits per heavy atom. The summed E-state index contributed by atoms with van der Waals surface area (Å²) in [5, 5.41) is 3.02. The fraction of sp³-hybridized carbons (Fsp3) is 1.00. The highest BCUT2D eigenvalue weighted by Crippen LogP contribution is 2.40. The summed E-state index contributed by atoms with van der Waals surface area (Å²) in [6, 6.07) is 0. The Morgan fingerprint density at radius 3 is 2.50 bits per heavy atom. The van der Waals surface area contributed by atoms with E-state index >= 15 is 0 Å². The van der Waals surface area contributed by atoms with Crippen molar-refractivity contribution in [2.45, 2.75) is 52.0 Å². The van der Waals surface area contributed by atoms with E-state index in [1.54, 1.807) is 0 Å². The van der Waals surface area contributed by atoms with Gasteiger partial charge in [-0.2, -0.15) is 0 Å². The van der Waals surface area contributed by atoms with Crippen LogP contribution in [-0.4, -0.2) is 18.5 Å². The zero-order valence-electron chi connectivity index (χ0n) is 9.32. The normalized spacial score (nSPS) is 39.0. The van der Waals surface area contributed by atoms with Crippen molar-refractivity contribution in [1.29, 1.82) is 0 Å². The van der Waals surface area contributed by atoms with Gasteiger partial charge in [-0.05, 0) is 37.6 Å². The zero-order valence-corrected chi connectivity index (χ0v) is 9.32. The molecule has 1 nitrogen and oxygen atoms in total. The number of hydrogen-bond donors (Lipinski definition) is 1. The average molecular weight is 205 g/mol. The number of rotatable bonds is 3. The largest absolute Gasteiger partial charge is 0.306 e. The van der Waals surface area contributed by atoms with Crippen molar-refractivity contribution in [2.75, 3.05) is 6.54 Å². The fourth-order valence-electron chi connectivity index (χ4n) is 2.66. The van der Waals surface area contributed by atoms with E-state index in [-0.39, 0.29) is 5.92 Å². The summed E-state index contributed by atoms with van der Waals surface area (Å²) in [5.74, 6) is 0.668. The van der Waals surface area contributed by atoms with E-state index in [1.807, 2.05) is 13.8 Å². The quantitative estimate of drug-likeness (QED) is 0.746. The van der Waals surface area contributed by atoms with Gasteiger partial charge in [0.05, 0.1) is 5.54 Å². The maximum absolute atomic E-state index is 13.1. The van der Waals surface area contributed by atoms with Crippen LogP contribution < -0.4 is 5.32 Å². The van der Waals surface area contributed by atoms with Crippen molar-refractivity contribution in [2.24, 2.45) is 11.8 Å². The van der Waals surface area contributed by atoms with Crippen LogP contribution in [0.5, 0.6) is 0 Å². The molecular weight excluding hydrogens is 184 g/mol. The SMILES string of the molecule is CCNC1(C(F)F)CCC(C)CC1C. The van der Waals surface area contributed by atoms with E-state index in [0.29, 0.717) is 18.9 Å². The number of alkyl halides is 2. The van der Waals surface area contributed by atoms with E-state index in [9.17, 15) is 8.78 Å². The molecule has 14 heavy (non-hydrogen) atoms. The highest BCUT2D eigenvalue weighted by molar-refractivity contribution is 4.98. The number of hydrogen-bond acceptors (Lipinski definition) is 1. The van der Waals surface area contributed by atoms with Crippen molar-refractivity contribution in [3.05, 3.63) is 0 Å². The Bertz CT molecular complexity index is 184. The Balaban J connectivity index is 2.75. The third-order valence-corrected chi connectivity index (χ3v) is 3.58. The summed E-state index contributed by atoms with van der Waals surface area (Å²) in [6.45, 7) is 6.63. The second-order valence-electron chi connectivity index (χ2n) is 4.65. The van der Waals surface area contributed by atoms with E-state index < -0.39 is 12.0 Å². The second-order valence-corrected chi connectivity index (χ2v) is 4.65. The van der Waals surface area contributed by atoms with Crippen LogP contribution in [0.15, 0.2) is 0 Å². The monoisotopic (exact) mass is 205 g/mol. The second kappa shape index (κ2) is 4.56. The first-order valence-electron chi connectivity index (χ1n) is 5.56. The zero-order chi connectivity index (χ0) is 10.8. The molecule has 0 bridgehead atoms. The molecular formula is C11H21F2N. The van der Waals surface area contributed by atoms with Gasteiger partial charge < -0.3 is 5.32 Å². The van der Waals surface area contributed by atoms with Crippen LogP contribution in [0.25, 0.3) is 0 Å². The first-order chi connectivity index (χ1) is 6.53. The summed E-state index contributed by atoms with van der Waals surface area (Å²) in [4.78, 5) is 0. The minimum Gasteiger partial charge on any atom is -0.306 e. The molecule has 0 radical (unpaired) electrons. The lowest BCUT2D eigenvalue weighted by molar-refractivity contribution is -0.0325. The van der Waals surface area contributed by atoms with E-state index in [0.717, 1.165) is 12.8 Å². The van der Waals surface area contributed by atoms with Gasteiger partial charge in [-0.1, -0.05) is 20.8 Å². The van der Waals surface area contributed by atoms with Gasteiger partial charge >= 0.3 is 0 Å². The highest BCUT2D eigenvalue weighted by Gasteiger charge is 2.46. The molecule has 1 aliphatic rings. The van der Waals surface area contributed by atoms with Crippen LogP contribution in [0.2, 0.25) is 0 Å². The summed E-state index contributed by atoms with van der Waals surface area (Å²) in [7, 11) is 0. The third-order valence-electron chi connectivity index (χ3n) is 3.58. The van der Waals surface area contributed by atoms with E-state index in [4.69, 9.17) is 0 Å². The van der Waals surface area contributed by atoms with Gasteiger partial charge in [0.2, 0.25) is 0 Å². The van der Waals surface area contributed by atoms with Crippen molar-refractivity contribution in [1.82, 2.24) is 5.32 Å². The van der Waals surface area contributed by atoms with Crippen LogP contribution in [-0.2, 0) is 0 Å². The minimum absolute atomic E-state index is 0.0752. The summed E-state index contributed by atoms with van der Waals surface area (Å²) in [6.07, 6.45) is 0.199. The first kappa shape index (κ1) is 11.9. The molecule has 3 atom stereocenters. The maximum atomic E-state index is 13.1. The van der Waals surface area contributed by atoms with Crippen molar-refractivity contribution >= 4 is 0 Å². The smallest absolute Gasteiger partial charge is 0.256 e. The van der Waals surface area contributed by atoms with Gasteiger partial charge in [-0.15, -0.1) is 0 Å². The summed E-state index contributed by atoms with van der Waals surface area (Å²) >= 11 is 0. The minimum atomic E-state index is -2.25. The lowest BCUT2D eigenvalue weighted by atomic mass is 9.70. The molecule has 0 aliphatic heterocycles. The Labute approximate surface area is 85.3 Å². The molecule has 0 aromatic rings. The highest BCUT2D eigenvalue weighted by atomic mass is 19.3. The van der Waals surface area contributed by atoms with Gasteiger partial charge in [-0.3, -0.25) is 0 Å². The Morgan fingerprint density at radius 1 is 1.43 bits per heavy atom. The van der Waals surface area contributed by atoms with Crippen LogP contribution in [0.4, 0.5) is 8.78 Å². The van der Waals surface area contributed by atoms with Crippen molar-refractivity contribution in [3.8, 4) is 0 Å². The molecule has 3 unspecified atom stereocenters. The molecule has 0 saturated heterocycles. The van der Waals surface area contributed by atoms with Crippen LogP contribution in [0.3, 0.4) is 0 Å². The molecule has 0 spiro atoms. The fourth-order valence-corrected chi connectivity index (χ4v) is 2.66. The molecule has 1 fully saturated rings. The molecule has 1 aliphatic carbocycles. The van der Waals surface area contributed by atoms with Crippen molar-refractivity contribution < 1.29 is 8.78 Å². The first-order valence-corrected chi connectivity index (χ1v) is 5.56. The van der Waals surface area contributed by atoms with Gasteiger partial charge in [-0.25, -0.2) is 8.78 Å². The third kappa shape index (κ3) is 2.08. The summed E-state index contributed by atoms with van der Waals surface area (Å²) < 4.78 is 26.2. The Hall–Kier alpha value is -0.180. The molecule has 1 N–H and O–H groups in total. The molecule has 1 rings (SSSR count). The van der Waals surface area contributed by atoms with Gasteiger partial charge in [0.15, 0.2) is 0 Å². The lowest BCUT2D eigenvalue weighted by Crippen LogP contribution is -2.58. The molecule has 0 amide bonds. The molecule has 1 saturated carbocycles. The van der Waals surface area contributed by atoms with E-state index in [1.165, 1.54) is 0 Å². The number of halogens is 2. The average Bonchev–Trinajstić information content (AvgIpc) is 2.10. The molecule has 0 aromatic carbocycles. The van der Waals surface area contributed by atoms with Gasteiger partial charge in [0, 0.05) is 0 Å². The maximum Gasteiger partial charge on any atom is 0.256 e. The van der Waals surface area contributed by atoms with Crippen LogP contribution in [0.1, 0.15) is 40.0 Å². The Kier molecular flexibility index (Phi) is 3.87. The lowest BCUT2D eigenvalue weighted by Gasteiger charge is -2.44. The molecule has 0 aromatic heterocycles.